The summed E-state index contributed by atoms with van der Waals surface area (Å²) in [6, 6.07) is 11.7. The van der Waals surface area contributed by atoms with Gasteiger partial charge in [-0.05, 0) is 55.2 Å². The molecule has 0 saturated carbocycles. The lowest BCUT2D eigenvalue weighted by molar-refractivity contribution is -0.114. The Morgan fingerprint density at radius 3 is 2.78 bits per heavy atom. The molecule has 0 spiro atoms. The summed E-state index contributed by atoms with van der Waals surface area (Å²) in [4.78, 5) is 22.3. The third-order valence-corrected chi connectivity index (χ3v) is 7.23. The molecule has 1 aliphatic heterocycles. The van der Waals surface area contributed by atoms with Crippen LogP contribution in [0.15, 0.2) is 42.5 Å². The summed E-state index contributed by atoms with van der Waals surface area (Å²) in [6.07, 6.45) is 4.25. The van der Waals surface area contributed by atoms with E-state index in [1.54, 1.807) is 28.4 Å². The van der Waals surface area contributed by atoms with Gasteiger partial charge in [0, 0.05) is 37.3 Å². The molecular weight excluding hydrogens is 442 g/mol. The van der Waals surface area contributed by atoms with Gasteiger partial charge >= 0.3 is 0 Å². The number of ether oxygens (including phenoxy) is 1. The van der Waals surface area contributed by atoms with E-state index in [9.17, 15) is 4.79 Å². The number of amides is 1. The van der Waals surface area contributed by atoms with Crippen LogP contribution in [0, 0.1) is 13.8 Å². The maximum atomic E-state index is 13.3. The number of benzene rings is 2. The molecule has 0 N–H and O–H groups in total. The summed E-state index contributed by atoms with van der Waals surface area (Å²) in [7, 11) is 0. The van der Waals surface area contributed by atoms with Crippen LogP contribution in [0.3, 0.4) is 0 Å². The van der Waals surface area contributed by atoms with Gasteiger partial charge < -0.3 is 4.74 Å². The monoisotopic (exact) mass is 469 g/mol. The van der Waals surface area contributed by atoms with E-state index in [0.717, 1.165) is 65.7 Å². The van der Waals surface area contributed by atoms with Gasteiger partial charge in [-0.1, -0.05) is 47.2 Å². The molecule has 1 aromatic heterocycles. The third-order valence-electron chi connectivity index (χ3n) is 5.84. The summed E-state index contributed by atoms with van der Waals surface area (Å²) >= 11 is 7.83. The lowest BCUT2D eigenvalue weighted by atomic mass is 10.1. The molecule has 5 nitrogen and oxygen atoms in total. The largest absolute Gasteiger partial charge is 0.379 e. The summed E-state index contributed by atoms with van der Waals surface area (Å²) in [5.41, 5.74) is 4.17. The summed E-state index contributed by atoms with van der Waals surface area (Å²) in [5.74, 6) is -0.0830. The SMILES string of the molecule is Cc1ccc2sc(N(CCCN3CCOCC3)C(=O)/C=C/c3ccccc3Cl)nc2c1C. The normalized spacial score (nSPS) is 15.0. The molecule has 0 unspecified atom stereocenters. The standard InChI is InChI=1S/C25H28ClN3O2S/c1-18-8-10-22-24(19(18)2)27-25(32-22)29(13-5-12-28-14-16-31-17-15-28)23(30)11-9-20-6-3-4-7-21(20)26/h3-4,6-11H,5,12-17H2,1-2H3/b11-9+. The number of nitrogens with zero attached hydrogens (tertiary/aromatic N) is 3. The molecule has 2 heterocycles. The first-order valence-electron chi connectivity index (χ1n) is 10.9. The molecule has 1 saturated heterocycles. The van der Waals surface area contributed by atoms with Crippen molar-refractivity contribution in [2.75, 3.05) is 44.3 Å². The van der Waals surface area contributed by atoms with E-state index in [1.807, 2.05) is 24.3 Å². The molecular formula is C25H28ClN3O2S. The molecule has 1 aliphatic rings. The number of hydrogen-bond donors (Lipinski definition) is 0. The first kappa shape index (κ1) is 22.9. The molecule has 0 bridgehead atoms. The van der Waals surface area contributed by atoms with Crippen LogP contribution in [0.4, 0.5) is 5.13 Å². The summed E-state index contributed by atoms with van der Waals surface area (Å²) in [5, 5.41) is 1.37. The van der Waals surface area contributed by atoms with Crippen molar-refractivity contribution in [1.29, 1.82) is 0 Å². The van der Waals surface area contributed by atoms with E-state index in [0.29, 0.717) is 11.6 Å². The first-order chi connectivity index (χ1) is 15.5. The molecule has 0 aliphatic carbocycles. The molecule has 168 valence electrons. The maximum Gasteiger partial charge on any atom is 0.252 e. The highest BCUT2D eigenvalue weighted by atomic mass is 35.5. The molecule has 2 aromatic carbocycles. The minimum atomic E-state index is -0.0830. The molecule has 1 amide bonds. The second kappa shape index (κ2) is 10.6. The van der Waals surface area contributed by atoms with Crippen molar-refractivity contribution in [1.82, 2.24) is 9.88 Å². The molecule has 7 heteroatoms. The highest BCUT2D eigenvalue weighted by Gasteiger charge is 2.20. The number of aryl methyl sites for hydroxylation is 2. The van der Waals surface area contributed by atoms with Gasteiger partial charge in [0.15, 0.2) is 5.13 Å². The van der Waals surface area contributed by atoms with Crippen LogP contribution in [-0.2, 0) is 9.53 Å². The number of carbonyl (C=O) groups excluding carboxylic acids is 1. The van der Waals surface area contributed by atoms with Crippen LogP contribution in [0.5, 0.6) is 0 Å². The van der Waals surface area contributed by atoms with Crippen molar-refractivity contribution in [3.8, 4) is 0 Å². The van der Waals surface area contributed by atoms with Crippen LogP contribution in [0.1, 0.15) is 23.1 Å². The molecule has 32 heavy (non-hydrogen) atoms. The van der Waals surface area contributed by atoms with Gasteiger partial charge in [-0.15, -0.1) is 0 Å². The predicted octanol–water partition coefficient (Wildman–Crippen LogP) is 5.34. The fourth-order valence-corrected chi connectivity index (χ4v) is 5.02. The van der Waals surface area contributed by atoms with Crippen molar-refractivity contribution in [3.05, 3.63) is 64.2 Å². The quantitative estimate of drug-likeness (QED) is 0.438. The van der Waals surface area contributed by atoms with Gasteiger partial charge in [0.2, 0.25) is 0 Å². The second-order valence-corrected chi connectivity index (χ2v) is 9.42. The lowest BCUT2D eigenvalue weighted by Crippen LogP contribution is -2.39. The lowest BCUT2D eigenvalue weighted by Gasteiger charge is -2.27. The predicted molar refractivity (Wildman–Crippen MR) is 134 cm³/mol. The van der Waals surface area contributed by atoms with E-state index in [-0.39, 0.29) is 5.91 Å². The zero-order valence-electron chi connectivity index (χ0n) is 18.5. The number of morpholine rings is 1. The Hall–Kier alpha value is -2.25. The number of rotatable bonds is 7. The van der Waals surface area contributed by atoms with Gasteiger partial charge in [-0.25, -0.2) is 4.98 Å². The Balaban J connectivity index is 1.56. The van der Waals surface area contributed by atoms with Gasteiger partial charge in [-0.3, -0.25) is 14.6 Å². The Bertz CT molecular complexity index is 1120. The average Bonchev–Trinajstić information content (AvgIpc) is 3.24. The van der Waals surface area contributed by atoms with Crippen LogP contribution in [0.25, 0.3) is 16.3 Å². The Labute approximate surface area is 198 Å². The van der Waals surface area contributed by atoms with Crippen molar-refractivity contribution in [2.24, 2.45) is 0 Å². The zero-order chi connectivity index (χ0) is 22.5. The molecule has 3 aromatic rings. The Morgan fingerprint density at radius 2 is 2.00 bits per heavy atom. The fourth-order valence-electron chi connectivity index (χ4n) is 3.77. The van der Waals surface area contributed by atoms with Gasteiger partial charge in [-0.2, -0.15) is 0 Å². The summed E-state index contributed by atoms with van der Waals surface area (Å²) in [6.45, 7) is 9.17. The highest BCUT2D eigenvalue weighted by Crippen LogP contribution is 2.32. The van der Waals surface area contributed by atoms with Crippen LogP contribution in [0.2, 0.25) is 5.02 Å². The van der Waals surface area contributed by atoms with E-state index in [4.69, 9.17) is 21.3 Å². The molecule has 0 radical (unpaired) electrons. The number of fused-ring (bicyclic) bond motifs is 1. The Kier molecular flexibility index (Phi) is 7.58. The summed E-state index contributed by atoms with van der Waals surface area (Å²) < 4.78 is 6.54. The first-order valence-corrected chi connectivity index (χ1v) is 12.1. The number of thiazole rings is 1. The minimum Gasteiger partial charge on any atom is -0.379 e. The topological polar surface area (TPSA) is 45.7 Å². The smallest absolute Gasteiger partial charge is 0.252 e. The minimum absolute atomic E-state index is 0.0830. The molecule has 4 rings (SSSR count). The van der Waals surface area contributed by atoms with Gasteiger partial charge in [0.05, 0.1) is 23.4 Å². The number of carbonyl (C=O) groups is 1. The van der Waals surface area contributed by atoms with Crippen LogP contribution in [-0.4, -0.2) is 55.2 Å². The number of halogens is 1. The fraction of sp³-hybridized carbons (Fsp3) is 0.360. The van der Waals surface area contributed by atoms with Crippen LogP contribution >= 0.6 is 22.9 Å². The second-order valence-electron chi connectivity index (χ2n) is 8.00. The van der Waals surface area contributed by atoms with E-state index in [1.165, 1.54) is 5.56 Å². The maximum absolute atomic E-state index is 13.3. The zero-order valence-corrected chi connectivity index (χ0v) is 20.1. The van der Waals surface area contributed by atoms with E-state index in [2.05, 4.69) is 30.9 Å². The van der Waals surface area contributed by atoms with Crippen molar-refractivity contribution in [3.63, 3.8) is 0 Å². The molecule has 0 atom stereocenters. The van der Waals surface area contributed by atoms with Crippen molar-refractivity contribution in [2.45, 2.75) is 20.3 Å². The number of hydrogen-bond acceptors (Lipinski definition) is 5. The van der Waals surface area contributed by atoms with Crippen molar-refractivity contribution < 1.29 is 9.53 Å². The van der Waals surface area contributed by atoms with E-state index < -0.39 is 0 Å². The van der Waals surface area contributed by atoms with Gasteiger partial charge in [0.25, 0.3) is 5.91 Å². The van der Waals surface area contributed by atoms with Gasteiger partial charge in [0.1, 0.15) is 0 Å². The highest BCUT2D eigenvalue weighted by molar-refractivity contribution is 7.22. The Morgan fingerprint density at radius 1 is 1.22 bits per heavy atom. The van der Waals surface area contributed by atoms with Crippen LogP contribution < -0.4 is 4.90 Å². The number of anilines is 1. The molecule has 1 fully saturated rings. The number of aromatic nitrogens is 1. The van der Waals surface area contributed by atoms with Crippen molar-refractivity contribution >= 4 is 50.3 Å². The average molecular weight is 470 g/mol. The van der Waals surface area contributed by atoms with E-state index >= 15 is 0 Å². The third kappa shape index (κ3) is 5.38.